The van der Waals surface area contributed by atoms with Gasteiger partial charge in [-0.05, 0) is 61.4 Å². The molecule has 144 valence electrons. The molecule has 2 aromatic carbocycles. The highest BCUT2D eigenvalue weighted by Crippen LogP contribution is 2.40. The van der Waals surface area contributed by atoms with Gasteiger partial charge in [-0.2, -0.15) is 0 Å². The molecule has 5 heteroatoms. The molecule has 2 heterocycles. The Morgan fingerprint density at radius 3 is 2.82 bits per heavy atom. The van der Waals surface area contributed by atoms with E-state index in [9.17, 15) is 9.18 Å². The van der Waals surface area contributed by atoms with Crippen molar-refractivity contribution in [2.24, 2.45) is 11.8 Å². The van der Waals surface area contributed by atoms with Crippen molar-refractivity contribution < 1.29 is 4.39 Å². The average Bonchev–Trinajstić information content (AvgIpc) is 3.29. The number of halogens is 1. The van der Waals surface area contributed by atoms with Gasteiger partial charge in [0.25, 0.3) is 0 Å². The normalized spacial score (nSPS) is 21.4. The van der Waals surface area contributed by atoms with E-state index in [4.69, 9.17) is 0 Å². The zero-order valence-electron chi connectivity index (χ0n) is 16.0. The first kappa shape index (κ1) is 17.3. The van der Waals surface area contributed by atoms with Gasteiger partial charge in [0.05, 0.1) is 11.0 Å². The molecule has 28 heavy (non-hydrogen) atoms. The van der Waals surface area contributed by atoms with Crippen molar-refractivity contribution in [2.75, 3.05) is 18.0 Å². The van der Waals surface area contributed by atoms with Gasteiger partial charge < -0.3 is 9.88 Å². The number of benzene rings is 2. The maximum atomic E-state index is 13.5. The number of piperidine rings is 1. The molecule has 1 saturated heterocycles. The Balaban J connectivity index is 1.66. The van der Waals surface area contributed by atoms with E-state index in [-0.39, 0.29) is 11.5 Å². The van der Waals surface area contributed by atoms with E-state index in [1.165, 1.54) is 12.1 Å². The monoisotopic (exact) mass is 377 g/mol. The topological polar surface area (TPSA) is 41.0 Å². The van der Waals surface area contributed by atoms with Gasteiger partial charge in [0, 0.05) is 30.9 Å². The number of rotatable bonds is 3. The number of aromatic nitrogens is 2. The first-order valence-corrected chi connectivity index (χ1v) is 10.1. The number of hydrogen-bond donors (Lipinski definition) is 1. The molecule has 4 nitrogen and oxygen atoms in total. The Morgan fingerprint density at radius 2 is 2.04 bits per heavy atom. The van der Waals surface area contributed by atoms with Gasteiger partial charge in [0.1, 0.15) is 5.82 Å². The fourth-order valence-electron chi connectivity index (χ4n) is 4.83. The maximum absolute atomic E-state index is 13.5. The van der Waals surface area contributed by atoms with Crippen LogP contribution in [0.2, 0.25) is 0 Å². The first-order chi connectivity index (χ1) is 13.6. The van der Waals surface area contributed by atoms with Crippen LogP contribution >= 0.6 is 0 Å². The molecule has 0 saturated carbocycles. The summed E-state index contributed by atoms with van der Waals surface area (Å²) >= 11 is 0. The van der Waals surface area contributed by atoms with E-state index in [0.29, 0.717) is 18.4 Å². The van der Waals surface area contributed by atoms with Gasteiger partial charge in [-0.25, -0.2) is 9.18 Å². The first-order valence-electron chi connectivity index (χ1n) is 10.1. The molecule has 1 aliphatic carbocycles. The van der Waals surface area contributed by atoms with Crippen LogP contribution in [-0.4, -0.2) is 22.6 Å². The van der Waals surface area contributed by atoms with Crippen molar-refractivity contribution >= 4 is 16.7 Å². The second-order valence-corrected chi connectivity index (χ2v) is 7.89. The predicted molar refractivity (Wildman–Crippen MR) is 111 cm³/mol. The van der Waals surface area contributed by atoms with Gasteiger partial charge in [0.2, 0.25) is 0 Å². The molecule has 1 aliphatic heterocycles. The Bertz CT molecular complexity index is 1110. The number of aryl methyl sites for hydroxylation is 1. The van der Waals surface area contributed by atoms with E-state index >= 15 is 0 Å². The summed E-state index contributed by atoms with van der Waals surface area (Å²) < 4.78 is 15.3. The lowest BCUT2D eigenvalue weighted by molar-refractivity contribution is 0.355. The summed E-state index contributed by atoms with van der Waals surface area (Å²) in [6.07, 6.45) is 6.96. The van der Waals surface area contributed by atoms with Gasteiger partial charge in [0.15, 0.2) is 0 Å². The Morgan fingerprint density at radius 1 is 1.21 bits per heavy atom. The van der Waals surface area contributed by atoms with Crippen molar-refractivity contribution in [1.82, 2.24) is 9.55 Å². The highest BCUT2D eigenvalue weighted by molar-refractivity contribution is 5.91. The number of imidazole rings is 1. The van der Waals surface area contributed by atoms with E-state index < -0.39 is 0 Å². The second-order valence-electron chi connectivity index (χ2n) is 7.89. The SMILES string of the molecule is CCn1c(=O)[nH]c2cc(N3CC[C@H]4C=CC[C@@H]4C3)c(-c3ccc(F)cc3)cc21. The van der Waals surface area contributed by atoms with Crippen LogP contribution < -0.4 is 10.6 Å². The van der Waals surface area contributed by atoms with E-state index in [2.05, 4.69) is 34.2 Å². The number of nitrogens with zero attached hydrogens (tertiary/aromatic N) is 2. The molecule has 1 fully saturated rings. The van der Waals surface area contributed by atoms with Crippen molar-refractivity contribution in [2.45, 2.75) is 26.3 Å². The number of aromatic amines is 1. The molecule has 3 aromatic rings. The highest BCUT2D eigenvalue weighted by atomic mass is 19.1. The lowest BCUT2D eigenvalue weighted by Gasteiger charge is -2.37. The van der Waals surface area contributed by atoms with Gasteiger partial charge in [-0.1, -0.05) is 24.3 Å². The van der Waals surface area contributed by atoms with Crippen LogP contribution in [0.3, 0.4) is 0 Å². The van der Waals surface area contributed by atoms with Crippen molar-refractivity contribution in [3.8, 4) is 11.1 Å². The van der Waals surface area contributed by atoms with Gasteiger partial charge >= 0.3 is 5.69 Å². The predicted octanol–water partition coefficient (Wildman–Crippen LogP) is 4.56. The lowest BCUT2D eigenvalue weighted by atomic mass is 9.87. The Kier molecular flexibility index (Phi) is 4.11. The third kappa shape index (κ3) is 2.77. The average molecular weight is 377 g/mol. The van der Waals surface area contributed by atoms with E-state index in [1.807, 2.05) is 19.1 Å². The third-order valence-corrected chi connectivity index (χ3v) is 6.32. The number of anilines is 1. The number of allylic oxidation sites excluding steroid dienone is 2. The molecule has 1 N–H and O–H groups in total. The summed E-state index contributed by atoms with van der Waals surface area (Å²) in [6.45, 7) is 4.58. The summed E-state index contributed by atoms with van der Waals surface area (Å²) in [4.78, 5) is 17.8. The molecule has 1 aromatic heterocycles. The number of nitrogens with one attached hydrogen (secondary N) is 1. The van der Waals surface area contributed by atoms with E-state index in [1.54, 1.807) is 4.57 Å². The smallest absolute Gasteiger partial charge is 0.326 e. The van der Waals surface area contributed by atoms with Crippen LogP contribution in [0.1, 0.15) is 19.8 Å². The highest BCUT2D eigenvalue weighted by Gasteiger charge is 2.31. The summed E-state index contributed by atoms with van der Waals surface area (Å²) in [5.41, 5.74) is 4.82. The second kappa shape index (κ2) is 6.66. The zero-order valence-corrected chi connectivity index (χ0v) is 16.0. The molecule has 2 atom stereocenters. The molecule has 5 rings (SSSR count). The molecule has 0 amide bonds. The number of fused-ring (bicyclic) bond motifs is 2. The zero-order chi connectivity index (χ0) is 19.3. The maximum Gasteiger partial charge on any atom is 0.326 e. The molecular weight excluding hydrogens is 353 g/mol. The summed E-state index contributed by atoms with van der Waals surface area (Å²) in [5, 5.41) is 0. The van der Waals surface area contributed by atoms with Crippen molar-refractivity contribution in [3.05, 3.63) is 64.9 Å². The fourth-order valence-corrected chi connectivity index (χ4v) is 4.83. The van der Waals surface area contributed by atoms with Crippen molar-refractivity contribution in [3.63, 3.8) is 0 Å². The van der Waals surface area contributed by atoms with Crippen LogP contribution in [-0.2, 0) is 6.54 Å². The van der Waals surface area contributed by atoms with Crippen LogP contribution in [0.5, 0.6) is 0 Å². The third-order valence-electron chi connectivity index (χ3n) is 6.32. The minimum absolute atomic E-state index is 0.0848. The van der Waals surface area contributed by atoms with Crippen LogP contribution in [0, 0.1) is 17.7 Å². The summed E-state index contributed by atoms with van der Waals surface area (Å²) in [6, 6.07) is 10.8. The number of hydrogen-bond acceptors (Lipinski definition) is 2. The summed E-state index contributed by atoms with van der Waals surface area (Å²) in [7, 11) is 0. The minimum Gasteiger partial charge on any atom is -0.371 e. The molecule has 2 aliphatic rings. The standard InChI is InChI=1S/C23H24FN3O/c1-2-27-22-12-19(16-6-8-18(24)9-7-16)21(13-20(22)25-23(27)28)26-11-10-15-4-3-5-17(15)14-26/h3-4,6-9,12-13,15,17H,2,5,10-11,14H2,1H3,(H,25,28)/t15-,17-/m1/s1. The lowest BCUT2D eigenvalue weighted by Crippen LogP contribution is -2.38. The molecule has 0 radical (unpaired) electrons. The van der Waals surface area contributed by atoms with Crippen LogP contribution in [0.25, 0.3) is 22.2 Å². The van der Waals surface area contributed by atoms with Gasteiger partial charge in [-0.3, -0.25) is 4.57 Å². The van der Waals surface area contributed by atoms with Gasteiger partial charge in [-0.15, -0.1) is 0 Å². The molecule has 0 spiro atoms. The largest absolute Gasteiger partial charge is 0.371 e. The Hall–Kier alpha value is -2.82. The van der Waals surface area contributed by atoms with Crippen LogP contribution in [0.15, 0.2) is 53.3 Å². The summed E-state index contributed by atoms with van der Waals surface area (Å²) in [5.74, 6) is 1.11. The quantitative estimate of drug-likeness (QED) is 0.680. The molecule has 0 unspecified atom stereocenters. The van der Waals surface area contributed by atoms with Crippen molar-refractivity contribution in [1.29, 1.82) is 0 Å². The van der Waals surface area contributed by atoms with E-state index in [0.717, 1.165) is 53.8 Å². The minimum atomic E-state index is -0.240. The molecular formula is C23H24FN3O. The fraction of sp³-hybridized carbons (Fsp3) is 0.348. The van der Waals surface area contributed by atoms with Crippen LogP contribution in [0.4, 0.5) is 10.1 Å². The molecule has 0 bridgehead atoms. The number of H-pyrrole nitrogens is 1. The Labute approximate surface area is 163 Å².